The number of nitrogens with one attached hydrogen (secondary N) is 2. The summed E-state index contributed by atoms with van der Waals surface area (Å²) in [5.74, 6) is 0.215. The SMILES string of the molecule is CNC(=O)c1noc(CNC(=O)CN2CCC(c3ccccc3)CC2)n1. The molecule has 26 heavy (non-hydrogen) atoms. The lowest BCUT2D eigenvalue weighted by Crippen LogP contribution is -2.41. The Bertz CT molecular complexity index is 738. The molecule has 1 fully saturated rings. The van der Waals surface area contributed by atoms with Crippen molar-refractivity contribution in [2.24, 2.45) is 0 Å². The zero-order valence-electron chi connectivity index (χ0n) is 14.8. The minimum absolute atomic E-state index is 0.0419. The maximum atomic E-state index is 12.1. The van der Waals surface area contributed by atoms with Gasteiger partial charge < -0.3 is 15.2 Å². The van der Waals surface area contributed by atoms with Crippen LogP contribution >= 0.6 is 0 Å². The lowest BCUT2D eigenvalue weighted by molar-refractivity contribution is -0.122. The zero-order valence-corrected chi connectivity index (χ0v) is 14.8. The highest BCUT2D eigenvalue weighted by Gasteiger charge is 2.22. The molecule has 2 heterocycles. The third kappa shape index (κ3) is 4.66. The summed E-state index contributed by atoms with van der Waals surface area (Å²) in [4.78, 5) is 29.6. The lowest BCUT2D eigenvalue weighted by Gasteiger charge is -2.31. The zero-order chi connectivity index (χ0) is 18.4. The number of amides is 2. The van der Waals surface area contributed by atoms with Crippen molar-refractivity contribution in [2.75, 3.05) is 26.7 Å². The Hall–Kier alpha value is -2.74. The van der Waals surface area contributed by atoms with Crippen molar-refractivity contribution in [2.45, 2.75) is 25.3 Å². The molecule has 0 atom stereocenters. The van der Waals surface area contributed by atoms with Gasteiger partial charge in [0.05, 0.1) is 13.1 Å². The van der Waals surface area contributed by atoms with Gasteiger partial charge in [-0.25, -0.2) is 0 Å². The third-order valence-corrected chi connectivity index (χ3v) is 4.56. The second-order valence-corrected chi connectivity index (χ2v) is 6.33. The molecular weight excluding hydrogens is 334 g/mol. The van der Waals surface area contributed by atoms with Gasteiger partial charge in [-0.15, -0.1) is 0 Å². The summed E-state index contributed by atoms with van der Waals surface area (Å²) in [7, 11) is 1.49. The van der Waals surface area contributed by atoms with Gasteiger partial charge >= 0.3 is 0 Å². The second-order valence-electron chi connectivity index (χ2n) is 6.33. The van der Waals surface area contributed by atoms with E-state index in [1.54, 1.807) is 0 Å². The first kappa shape index (κ1) is 18.1. The molecule has 1 saturated heterocycles. The number of rotatable bonds is 6. The number of likely N-dealkylation sites (tertiary alicyclic amines) is 1. The van der Waals surface area contributed by atoms with Crippen LogP contribution in [0.4, 0.5) is 0 Å². The predicted octanol–water partition coefficient (Wildman–Crippen LogP) is 0.925. The van der Waals surface area contributed by atoms with Gasteiger partial charge in [-0.3, -0.25) is 14.5 Å². The Kier molecular flexibility index (Phi) is 5.96. The van der Waals surface area contributed by atoms with Crippen molar-refractivity contribution in [1.82, 2.24) is 25.7 Å². The second kappa shape index (κ2) is 8.57. The molecule has 1 aromatic carbocycles. The molecule has 3 rings (SSSR count). The summed E-state index contributed by atoms with van der Waals surface area (Å²) in [6.07, 6.45) is 2.10. The summed E-state index contributed by atoms with van der Waals surface area (Å²) >= 11 is 0. The van der Waals surface area contributed by atoms with Crippen molar-refractivity contribution in [3.05, 3.63) is 47.6 Å². The summed E-state index contributed by atoms with van der Waals surface area (Å²) in [5.41, 5.74) is 1.37. The fraction of sp³-hybridized carbons (Fsp3) is 0.444. The first-order valence-corrected chi connectivity index (χ1v) is 8.74. The molecule has 2 amide bonds. The number of hydrogen-bond donors (Lipinski definition) is 2. The van der Waals surface area contributed by atoms with E-state index in [-0.39, 0.29) is 24.2 Å². The van der Waals surface area contributed by atoms with E-state index in [9.17, 15) is 9.59 Å². The van der Waals surface area contributed by atoms with E-state index in [2.05, 4.69) is 49.9 Å². The van der Waals surface area contributed by atoms with E-state index in [0.717, 1.165) is 25.9 Å². The van der Waals surface area contributed by atoms with Crippen LogP contribution in [0.2, 0.25) is 0 Å². The molecule has 2 N–H and O–H groups in total. The summed E-state index contributed by atoms with van der Waals surface area (Å²) in [6, 6.07) is 10.5. The van der Waals surface area contributed by atoms with Crippen LogP contribution in [-0.4, -0.2) is 53.5 Å². The number of benzene rings is 1. The van der Waals surface area contributed by atoms with Gasteiger partial charge in [0.15, 0.2) is 0 Å². The molecule has 1 aliphatic rings. The highest BCUT2D eigenvalue weighted by atomic mass is 16.5. The number of aromatic nitrogens is 2. The summed E-state index contributed by atoms with van der Waals surface area (Å²) in [5, 5.41) is 8.72. The van der Waals surface area contributed by atoms with Crippen molar-refractivity contribution >= 4 is 11.8 Å². The van der Waals surface area contributed by atoms with Gasteiger partial charge in [0.1, 0.15) is 0 Å². The standard InChI is InChI=1S/C18H23N5O3/c1-19-18(25)17-21-16(26-22-17)11-20-15(24)12-23-9-7-14(8-10-23)13-5-3-2-4-6-13/h2-6,14H,7-12H2,1H3,(H,19,25)(H,20,24). The van der Waals surface area contributed by atoms with Gasteiger partial charge in [-0.1, -0.05) is 35.5 Å². The molecule has 8 nitrogen and oxygen atoms in total. The smallest absolute Gasteiger partial charge is 0.292 e. The van der Waals surface area contributed by atoms with Crippen LogP contribution in [0.5, 0.6) is 0 Å². The van der Waals surface area contributed by atoms with E-state index >= 15 is 0 Å². The minimum Gasteiger partial charge on any atom is -0.352 e. The molecule has 1 aromatic heterocycles. The number of piperidine rings is 1. The van der Waals surface area contributed by atoms with Gasteiger partial charge in [0.2, 0.25) is 11.8 Å². The van der Waals surface area contributed by atoms with Crippen molar-refractivity contribution in [1.29, 1.82) is 0 Å². The van der Waals surface area contributed by atoms with Crippen LogP contribution in [0, 0.1) is 0 Å². The topological polar surface area (TPSA) is 100 Å². The molecule has 1 aliphatic heterocycles. The average Bonchev–Trinajstić information content (AvgIpc) is 3.16. The third-order valence-electron chi connectivity index (χ3n) is 4.56. The monoisotopic (exact) mass is 357 g/mol. The van der Waals surface area contributed by atoms with Gasteiger partial charge in [-0.2, -0.15) is 4.98 Å². The fourth-order valence-corrected chi connectivity index (χ4v) is 3.11. The van der Waals surface area contributed by atoms with Crippen LogP contribution in [0.1, 0.15) is 40.8 Å². The van der Waals surface area contributed by atoms with Gasteiger partial charge in [-0.05, 0) is 37.4 Å². The van der Waals surface area contributed by atoms with Crippen LogP contribution in [0.25, 0.3) is 0 Å². The molecule has 0 bridgehead atoms. The molecular formula is C18H23N5O3. The quantitative estimate of drug-likeness (QED) is 0.798. The summed E-state index contributed by atoms with van der Waals surface area (Å²) < 4.78 is 4.94. The first-order chi connectivity index (χ1) is 12.7. The van der Waals surface area contributed by atoms with Crippen LogP contribution in [0.3, 0.4) is 0 Å². The molecule has 138 valence electrons. The van der Waals surface area contributed by atoms with Gasteiger partial charge in [0.25, 0.3) is 11.7 Å². The van der Waals surface area contributed by atoms with E-state index in [4.69, 9.17) is 4.52 Å². The largest absolute Gasteiger partial charge is 0.352 e. The first-order valence-electron chi connectivity index (χ1n) is 8.74. The Morgan fingerprint density at radius 2 is 1.96 bits per heavy atom. The minimum atomic E-state index is -0.424. The van der Waals surface area contributed by atoms with Crippen molar-refractivity contribution in [3.8, 4) is 0 Å². The van der Waals surface area contributed by atoms with Crippen molar-refractivity contribution in [3.63, 3.8) is 0 Å². The maximum Gasteiger partial charge on any atom is 0.292 e. The maximum absolute atomic E-state index is 12.1. The molecule has 0 saturated carbocycles. The van der Waals surface area contributed by atoms with Crippen molar-refractivity contribution < 1.29 is 14.1 Å². The number of carbonyl (C=O) groups excluding carboxylic acids is 2. The molecule has 0 spiro atoms. The lowest BCUT2D eigenvalue weighted by atomic mass is 9.89. The summed E-state index contributed by atoms with van der Waals surface area (Å²) in [6.45, 7) is 2.25. The number of hydrogen-bond acceptors (Lipinski definition) is 6. The average molecular weight is 357 g/mol. The molecule has 8 heteroatoms. The number of nitrogens with zero attached hydrogens (tertiary/aromatic N) is 3. The molecule has 0 unspecified atom stereocenters. The Balaban J connectivity index is 1.40. The Labute approximate surface area is 151 Å². The van der Waals surface area contributed by atoms with Crippen LogP contribution in [-0.2, 0) is 11.3 Å². The van der Waals surface area contributed by atoms with Crippen LogP contribution in [0.15, 0.2) is 34.9 Å². The fourth-order valence-electron chi connectivity index (χ4n) is 3.11. The predicted molar refractivity (Wildman–Crippen MR) is 94.4 cm³/mol. The Morgan fingerprint density at radius 1 is 1.23 bits per heavy atom. The molecule has 0 radical (unpaired) electrons. The number of carbonyl (C=O) groups is 2. The van der Waals surface area contributed by atoms with Crippen LogP contribution < -0.4 is 10.6 Å². The van der Waals surface area contributed by atoms with E-state index in [0.29, 0.717) is 12.5 Å². The normalized spacial score (nSPS) is 15.6. The van der Waals surface area contributed by atoms with E-state index < -0.39 is 5.91 Å². The molecule has 0 aliphatic carbocycles. The highest BCUT2D eigenvalue weighted by Crippen LogP contribution is 2.27. The van der Waals surface area contributed by atoms with E-state index in [1.807, 2.05) is 6.07 Å². The molecule has 2 aromatic rings. The van der Waals surface area contributed by atoms with Gasteiger partial charge in [0, 0.05) is 7.05 Å². The highest BCUT2D eigenvalue weighted by molar-refractivity contribution is 5.89. The van der Waals surface area contributed by atoms with E-state index in [1.165, 1.54) is 12.6 Å². The Morgan fingerprint density at radius 3 is 2.65 bits per heavy atom.